The fraction of sp³-hybridized carbons (Fsp3) is 0.386. The summed E-state index contributed by atoms with van der Waals surface area (Å²) in [5.74, 6) is -2.69. The number of piperazine rings is 1. The van der Waals surface area contributed by atoms with Crippen molar-refractivity contribution >= 4 is 52.6 Å². The molecule has 0 saturated carbocycles. The molecule has 3 fully saturated rings. The zero-order valence-corrected chi connectivity index (χ0v) is 33.7. The van der Waals surface area contributed by atoms with Gasteiger partial charge in [0.15, 0.2) is 11.9 Å². The van der Waals surface area contributed by atoms with Gasteiger partial charge in [0.05, 0.1) is 35.6 Å². The van der Waals surface area contributed by atoms with E-state index >= 15 is 4.39 Å². The zero-order chi connectivity index (χ0) is 42.4. The molecule has 17 heteroatoms. The number of benzene rings is 3. The minimum absolute atomic E-state index is 0.0123. The van der Waals surface area contributed by atoms with Gasteiger partial charge in [-0.25, -0.2) is 4.39 Å². The molecule has 6 heterocycles. The highest BCUT2D eigenvalue weighted by molar-refractivity contribution is 6.23. The standard InChI is InChI=1S/C44H46FN9O7/c1-61-38(27-5-3-2-4-6-27)44(60)53-24-32-34(25-53)48-49-39(32)47-40(56)28-7-9-29(10-8-28)51-15-13-26(14-16-51)23-50-17-19-52(20-18-50)36-22-31-30(21-33(36)45)42(58)54(43(31)59)35-11-12-37(55)46-41(35)57/h2-10,21-22,26,35,38H,11-20,23-25H2,1H3,(H,46,55,57)(H2,47,48,49,56). The molecule has 6 amide bonds. The number of anilines is 3. The van der Waals surface area contributed by atoms with Gasteiger partial charge in [-0.2, -0.15) is 5.10 Å². The first kappa shape index (κ1) is 40.0. The van der Waals surface area contributed by atoms with Gasteiger partial charge in [-0.05, 0) is 67.1 Å². The van der Waals surface area contributed by atoms with Crippen molar-refractivity contribution in [3.63, 3.8) is 0 Å². The molecule has 61 heavy (non-hydrogen) atoms. The van der Waals surface area contributed by atoms with Crippen LogP contribution in [0.3, 0.4) is 0 Å². The summed E-state index contributed by atoms with van der Waals surface area (Å²) in [5.41, 5.74) is 4.12. The van der Waals surface area contributed by atoms with Gasteiger partial charge in [0.25, 0.3) is 23.6 Å². The Morgan fingerprint density at radius 3 is 2.26 bits per heavy atom. The molecule has 4 aromatic rings. The smallest absolute Gasteiger partial charge is 0.262 e. The Balaban J connectivity index is 0.736. The average Bonchev–Trinajstić information content (AvgIpc) is 3.94. The fourth-order valence-corrected chi connectivity index (χ4v) is 9.21. The summed E-state index contributed by atoms with van der Waals surface area (Å²) < 4.78 is 21.0. The van der Waals surface area contributed by atoms with Crippen molar-refractivity contribution < 1.29 is 37.9 Å². The summed E-state index contributed by atoms with van der Waals surface area (Å²) in [6.45, 7) is 5.86. The van der Waals surface area contributed by atoms with Crippen LogP contribution in [0.5, 0.6) is 0 Å². The number of rotatable bonds is 10. The maximum Gasteiger partial charge on any atom is 0.262 e. The van der Waals surface area contributed by atoms with Gasteiger partial charge >= 0.3 is 0 Å². The van der Waals surface area contributed by atoms with Crippen molar-refractivity contribution in [3.05, 3.63) is 106 Å². The van der Waals surface area contributed by atoms with Crippen LogP contribution in [-0.2, 0) is 32.2 Å². The van der Waals surface area contributed by atoms with Crippen LogP contribution in [0.25, 0.3) is 0 Å². The van der Waals surface area contributed by atoms with E-state index in [-0.39, 0.29) is 41.5 Å². The monoisotopic (exact) mass is 831 g/mol. The number of ether oxygens (including phenoxy) is 1. The lowest BCUT2D eigenvalue weighted by Crippen LogP contribution is -2.54. The van der Waals surface area contributed by atoms with Crippen LogP contribution in [0.4, 0.5) is 21.6 Å². The number of amides is 6. The molecule has 1 aromatic heterocycles. The van der Waals surface area contributed by atoms with Crippen LogP contribution >= 0.6 is 0 Å². The quantitative estimate of drug-likeness (QED) is 0.199. The van der Waals surface area contributed by atoms with Gasteiger partial charge in [-0.1, -0.05) is 30.3 Å². The number of hydrogen-bond donors (Lipinski definition) is 3. The molecule has 0 radical (unpaired) electrons. The topological polar surface area (TPSA) is 181 Å². The van der Waals surface area contributed by atoms with E-state index in [1.54, 1.807) is 4.90 Å². The van der Waals surface area contributed by atoms with Crippen molar-refractivity contribution in [2.75, 3.05) is 68.0 Å². The number of H-pyrrole nitrogens is 1. The first-order valence-corrected chi connectivity index (χ1v) is 20.7. The molecule has 3 aromatic carbocycles. The van der Waals surface area contributed by atoms with E-state index in [9.17, 15) is 28.8 Å². The average molecular weight is 832 g/mol. The highest BCUT2D eigenvalue weighted by atomic mass is 19.1. The first-order chi connectivity index (χ1) is 29.6. The molecule has 5 aliphatic rings. The van der Waals surface area contributed by atoms with Crippen molar-refractivity contribution in [2.45, 2.75) is 50.9 Å². The van der Waals surface area contributed by atoms with Crippen LogP contribution in [0.2, 0.25) is 0 Å². The Labute approximate surface area is 351 Å². The minimum atomic E-state index is -1.11. The number of carbonyl (C=O) groups excluding carboxylic acids is 6. The molecular weight excluding hydrogens is 786 g/mol. The van der Waals surface area contributed by atoms with Crippen LogP contribution in [0, 0.1) is 11.7 Å². The molecule has 3 saturated heterocycles. The summed E-state index contributed by atoms with van der Waals surface area (Å²) >= 11 is 0. The van der Waals surface area contributed by atoms with E-state index in [4.69, 9.17) is 4.74 Å². The molecule has 9 rings (SSSR count). The molecule has 2 unspecified atom stereocenters. The third kappa shape index (κ3) is 7.74. The van der Waals surface area contributed by atoms with E-state index in [1.165, 1.54) is 13.2 Å². The number of aromatic nitrogens is 2. The largest absolute Gasteiger partial charge is 0.372 e. The molecule has 316 valence electrons. The first-order valence-electron chi connectivity index (χ1n) is 20.7. The van der Waals surface area contributed by atoms with E-state index in [1.807, 2.05) is 59.5 Å². The number of carbonyl (C=O) groups is 6. The number of piperidine rings is 2. The predicted molar refractivity (Wildman–Crippen MR) is 220 cm³/mol. The predicted octanol–water partition coefficient (Wildman–Crippen LogP) is 3.47. The second kappa shape index (κ2) is 16.5. The van der Waals surface area contributed by atoms with E-state index < -0.39 is 41.6 Å². The second-order valence-corrected chi connectivity index (χ2v) is 16.3. The Morgan fingerprint density at radius 2 is 1.57 bits per heavy atom. The Morgan fingerprint density at radius 1 is 0.869 bits per heavy atom. The summed E-state index contributed by atoms with van der Waals surface area (Å²) in [7, 11) is 1.52. The van der Waals surface area contributed by atoms with Crippen molar-refractivity contribution in [3.8, 4) is 0 Å². The number of nitrogens with zero attached hydrogens (tertiary/aromatic N) is 6. The van der Waals surface area contributed by atoms with Crippen molar-refractivity contribution in [1.29, 1.82) is 0 Å². The highest BCUT2D eigenvalue weighted by Crippen LogP contribution is 2.34. The van der Waals surface area contributed by atoms with Crippen LogP contribution < -0.4 is 20.4 Å². The Kier molecular flexibility index (Phi) is 10.8. The Bertz CT molecular complexity index is 2390. The second-order valence-electron chi connectivity index (χ2n) is 16.3. The lowest BCUT2D eigenvalue weighted by Gasteiger charge is -2.40. The van der Waals surface area contributed by atoms with Crippen LogP contribution in [0.1, 0.15) is 79.7 Å². The normalized spacial score (nSPS) is 20.2. The minimum Gasteiger partial charge on any atom is -0.372 e. The van der Waals surface area contributed by atoms with Gasteiger partial charge in [0.2, 0.25) is 11.8 Å². The summed E-state index contributed by atoms with van der Waals surface area (Å²) in [5, 5.41) is 12.4. The number of aromatic amines is 1. The number of nitrogens with one attached hydrogen (secondary N) is 3. The van der Waals surface area contributed by atoms with E-state index in [0.29, 0.717) is 43.5 Å². The SMILES string of the molecule is COC(C(=O)N1Cc2[nH]nc(NC(=O)c3ccc(N4CCC(CN5CCN(c6cc7c(cc6F)C(=O)N(C6CCC(=O)NC6=O)C7=O)CC5)CC4)cc3)c2C1)c1ccccc1. The summed E-state index contributed by atoms with van der Waals surface area (Å²) in [4.78, 5) is 86.3. The molecule has 2 atom stereocenters. The number of imide groups is 2. The Hall–Kier alpha value is -6.46. The molecule has 3 N–H and O–H groups in total. The van der Waals surface area contributed by atoms with Gasteiger partial charge in [0, 0.05) is 76.2 Å². The molecule has 5 aliphatic heterocycles. The van der Waals surface area contributed by atoms with E-state index in [2.05, 4.69) is 30.6 Å². The van der Waals surface area contributed by atoms with Gasteiger partial charge in [-0.3, -0.25) is 49.0 Å². The summed E-state index contributed by atoms with van der Waals surface area (Å²) in [6.07, 6.45) is 1.33. The van der Waals surface area contributed by atoms with E-state index in [0.717, 1.165) is 79.0 Å². The summed E-state index contributed by atoms with van der Waals surface area (Å²) in [6, 6.07) is 18.3. The third-order valence-corrected chi connectivity index (χ3v) is 12.6. The van der Waals surface area contributed by atoms with Gasteiger partial charge < -0.3 is 24.8 Å². The maximum absolute atomic E-state index is 15.5. The van der Waals surface area contributed by atoms with Crippen LogP contribution in [-0.4, -0.2) is 119 Å². The van der Waals surface area contributed by atoms with Gasteiger partial charge in [-0.15, -0.1) is 0 Å². The fourth-order valence-electron chi connectivity index (χ4n) is 9.21. The van der Waals surface area contributed by atoms with Crippen molar-refractivity contribution in [2.24, 2.45) is 5.92 Å². The van der Waals surface area contributed by atoms with Crippen LogP contribution in [0.15, 0.2) is 66.7 Å². The molecule has 0 bridgehead atoms. The highest BCUT2D eigenvalue weighted by Gasteiger charge is 2.45. The zero-order valence-electron chi connectivity index (χ0n) is 33.7. The lowest BCUT2D eigenvalue weighted by molar-refractivity contribution is -0.143. The number of hydrogen-bond acceptors (Lipinski definition) is 11. The molecule has 0 aliphatic carbocycles. The number of halogens is 1. The molecule has 0 spiro atoms. The van der Waals surface area contributed by atoms with Crippen molar-refractivity contribution in [1.82, 2.24) is 30.2 Å². The maximum atomic E-state index is 15.5. The molecular formula is C44H46FN9O7. The lowest BCUT2D eigenvalue weighted by atomic mass is 9.95. The molecule has 16 nitrogen and oxygen atoms in total. The number of fused-ring (bicyclic) bond motifs is 2. The van der Waals surface area contributed by atoms with Gasteiger partial charge in [0.1, 0.15) is 11.9 Å². The third-order valence-electron chi connectivity index (χ3n) is 12.6. The number of methoxy groups -OCH3 is 1.